The first-order chi connectivity index (χ1) is 15.7. The molecule has 0 saturated carbocycles. The van der Waals surface area contributed by atoms with E-state index in [9.17, 15) is 14.7 Å². The standard InChI is InChI=1S/C24H26Cl2N4O3/c1-24(2,23(32)33)8-3-6-20(31)29-10-7-16-17-5-4-9-27-22(17)30(19(16)14-29)13-15-11-18(25)21(26)28-12-15/h4-5,9,11-12H,3,6-8,10,13-14H2,1-2H3,(H,32,33). The maximum Gasteiger partial charge on any atom is 0.309 e. The van der Waals surface area contributed by atoms with Crippen LogP contribution in [-0.2, 0) is 29.1 Å². The summed E-state index contributed by atoms with van der Waals surface area (Å²) >= 11 is 12.1. The van der Waals surface area contributed by atoms with E-state index in [1.54, 1.807) is 32.3 Å². The Morgan fingerprint density at radius 3 is 2.76 bits per heavy atom. The van der Waals surface area contributed by atoms with Crippen LogP contribution in [0.15, 0.2) is 30.6 Å². The van der Waals surface area contributed by atoms with Crippen LogP contribution in [0.25, 0.3) is 11.0 Å². The van der Waals surface area contributed by atoms with Gasteiger partial charge in [0, 0.05) is 36.4 Å². The number of carbonyl (C=O) groups excluding carboxylic acids is 1. The summed E-state index contributed by atoms with van der Waals surface area (Å²) in [5.41, 5.74) is 3.20. The highest BCUT2D eigenvalue weighted by molar-refractivity contribution is 6.41. The van der Waals surface area contributed by atoms with Crippen LogP contribution in [-0.4, -0.2) is 43.0 Å². The third-order valence-corrected chi connectivity index (χ3v) is 7.02. The predicted octanol–water partition coefficient (Wildman–Crippen LogP) is 4.95. The van der Waals surface area contributed by atoms with Gasteiger partial charge in [-0.1, -0.05) is 23.2 Å². The molecule has 0 aliphatic carbocycles. The van der Waals surface area contributed by atoms with E-state index in [2.05, 4.69) is 20.6 Å². The quantitative estimate of drug-likeness (QED) is 0.475. The Morgan fingerprint density at radius 1 is 1.24 bits per heavy atom. The van der Waals surface area contributed by atoms with Crippen molar-refractivity contribution in [3.05, 3.63) is 57.6 Å². The largest absolute Gasteiger partial charge is 0.481 e. The number of halogens is 2. The van der Waals surface area contributed by atoms with Crippen molar-refractivity contribution in [3.8, 4) is 0 Å². The van der Waals surface area contributed by atoms with E-state index < -0.39 is 11.4 Å². The number of hydrogen-bond acceptors (Lipinski definition) is 4. The summed E-state index contributed by atoms with van der Waals surface area (Å²) in [6.45, 7) is 5.02. The van der Waals surface area contributed by atoms with Crippen LogP contribution in [0.2, 0.25) is 10.2 Å². The molecule has 3 aromatic heterocycles. The smallest absolute Gasteiger partial charge is 0.309 e. The van der Waals surface area contributed by atoms with Crippen molar-refractivity contribution in [1.82, 2.24) is 19.4 Å². The molecule has 1 aliphatic rings. The van der Waals surface area contributed by atoms with E-state index in [0.717, 1.165) is 28.7 Å². The van der Waals surface area contributed by atoms with E-state index in [1.807, 2.05) is 11.0 Å². The highest BCUT2D eigenvalue weighted by Crippen LogP contribution is 2.32. The van der Waals surface area contributed by atoms with Gasteiger partial charge < -0.3 is 14.6 Å². The molecule has 0 fully saturated rings. The molecule has 0 radical (unpaired) electrons. The third-order valence-electron chi connectivity index (χ3n) is 6.33. The lowest BCUT2D eigenvalue weighted by Gasteiger charge is -2.29. The molecule has 0 aromatic carbocycles. The fourth-order valence-corrected chi connectivity index (χ4v) is 4.61. The molecule has 4 heterocycles. The molecule has 7 nitrogen and oxygen atoms in total. The molecule has 3 aromatic rings. The van der Waals surface area contributed by atoms with Gasteiger partial charge >= 0.3 is 5.97 Å². The van der Waals surface area contributed by atoms with Crippen molar-refractivity contribution >= 4 is 46.1 Å². The van der Waals surface area contributed by atoms with Gasteiger partial charge in [-0.05, 0) is 62.4 Å². The van der Waals surface area contributed by atoms with Gasteiger partial charge in [0.1, 0.15) is 10.8 Å². The van der Waals surface area contributed by atoms with Gasteiger partial charge in [-0.3, -0.25) is 9.59 Å². The van der Waals surface area contributed by atoms with Crippen LogP contribution in [0, 0.1) is 5.41 Å². The summed E-state index contributed by atoms with van der Waals surface area (Å²) in [6.07, 6.45) is 5.55. The van der Waals surface area contributed by atoms with E-state index in [4.69, 9.17) is 23.2 Å². The topological polar surface area (TPSA) is 88.3 Å². The monoisotopic (exact) mass is 488 g/mol. The number of hydrogen-bond donors (Lipinski definition) is 1. The zero-order chi connectivity index (χ0) is 23.8. The first kappa shape index (κ1) is 23.5. The van der Waals surface area contributed by atoms with Gasteiger partial charge in [0.25, 0.3) is 0 Å². The predicted molar refractivity (Wildman–Crippen MR) is 127 cm³/mol. The minimum atomic E-state index is -0.841. The fourth-order valence-electron chi connectivity index (χ4n) is 4.32. The lowest BCUT2D eigenvalue weighted by Crippen LogP contribution is -2.36. The Balaban J connectivity index is 1.56. The van der Waals surface area contributed by atoms with Gasteiger partial charge in [-0.25, -0.2) is 9.97 Å². The summed E-state index contributed by atoms with van der Waals surface area (Å²) < 4.78 is 2.12. The van der Waals surface area contributed by atoms with Crippen LogP contribution in [0.1, 0.15) is 49.9 Å². The SMILES string of the molecule is CC(C)(CCCC(=O)N1CCc2c(n(Cc3cnc(Cl)c(Cl)c3)c3ncccc23)C1)C(=O)O. The van der Waals surface area contributed by atoms with Gasteiger partial charge in [0.2, 0.25) is 5.91 Å². The summed E-state index contributed by atoms with van der Waals surface area (Å²) in [5.74, 6) is -0.797. The molecule has 9 heteroatoms. The Labute approximate surface area is 202 Å². The molecule has 4 rings (SSSR count). The zero-order valence-corrected chi connectivity index (χ0v) is 20.2. The Morgan fingerprint density at radius 2 is 2.03 bits per heavy atom. The van der Waals surface area contributed by atoms with Crippen molar-refractivity contribution in [1.29, 1.82) is 0 Å². The molecule has 1 N–H and O–H groups in total. The van der Waals surface area contributed by atoms with Crippen molar-refractivity contribution in [2.24, 2.45) is 5.41 Å². The summed E-state index contributed by atoms with van der Waals surface area (Å²) in [6, 6.07) is 5.79. The molecule has 0 bridgehead atoms. The number of nitrogens with zero attached hydrogens (tertiary/aromatic N) is 4. The van der Waals surface area contributed by atoms with Crippen molar-refractivity contribution in [2.45, 2.75) is 52.6 Å². The van der Waals surface area contributed by atoms with Crippen molar-refractivity contribution < 1.29 is 14.7 Å². The molecule has 33 heavy (non-hydrogen) atoms. The van der Waals surface area contributed by atoms with Crippen LogP contribution < -0.4 is 0 Å². The first-order valence-electron chi connectivity index (χ1n) is 10.9. The maximum atomic E-state index is 12.9. The van der Waals surface area contributed by atoms with E-state index >= 15 is 0 Å². The van der Waals surface area contributed by atoms with E-state index in [-0.39, 0.29) is 11.1 Å². The summed E-state index contributed by atoms with van der Waals surface area (Å²) in [4.78, 5) is 34.9. The fraction of sp³-hybridized carbons (Fsp3) is 0.417. The third kappa shape index (κ3) is 4.84. The molecule has 1 aliphatic heterocycles. The molecule has 0 spiro atoms. The normalized spacial score (nSPS) is 13.9. The van der Waals surface area contributed by atoms with Gasteiger partial charge in [-0.2, -0.15) is 0 Å². The molecule has 0 saturated heterocycles. The van der Waals surface area contributed by atoms with E-state index in [0.29, 0.717) is 43.9 Å². The second kappa shape index (κ2) is 9.31. The second-order valence-electron chi connectivity index (χ2n) is 9.11. The lowest BCUT2D eigenvalue weighted by atomic mass is 9.87. The van der Waals surface area contributed by atoms with Gasteiger partial charge in [-0.15, -0.1) is 0 Å². The lowest BCUT2D eigenvalue weighted by molar-refractivity contribution is -0.147. The molecule has 174 valence electrons. The summed E-state index contributed by atoms with van der Waals surface area (Å²) in [5, 5.41) is 11.0. The van der Waals surface area contributed by atoms with E-state index in [1.165, 1.54) is 5.56 Å². The number of aromatic nitrogens is 3. The number of carboxylic acid groups (broad SMARTS) is 1. The number of rotatable bonds is 7. The van der Waals surface area contributed by atoms with Gasteiger partial charge in [0.15, 0.2) is 0 Å². The molecule has 1 amide bonds. The number of carboxylic acids is 1. The van der Waals surface area contributed by atoms with Crippen LogP contribution in [0.4, 0.5) is 0 Å². The number of aliphatic carboxylic acids is 1. The Kier molecular flexibility index (Phi) is 6.64. The Bertz CT molecular complexity index is 1220. The molecular formula is C24H26Cl2N4O3. The first-order valence-corrected chi connectivity index (χ1v) is 11.7. The minimum Gasteiger partial charge on any atom is -0.481 e. The molecule has 0 atom stereocenters. The maximum absolute atomic E-state index is 12.9. The van der Waals surface area contributed by atoms with Crippen molar-refractivity contribution in [3.63, 3.8) is 0 Å². The highest BCUT2D eigenvalue weighted by Gasteiger charge is 2.29. The van der Waals surface area contributed by atoms with Crippen LogP contribution in [0.3, 0.4) is 0 Å². The van der Waals surface area contributed by atoms with Crippen molar-refractivity contribution in [2.75, 3.05) is 6.54 Å². The number of pyridine rings is 2. The number of carbonyl (C=O) groups is 2. The second-order valence-corrected chi connectivity index (χ2v) is 9.88. The zero-order valence-electron chi connectivity index (χ0n) is 18.6. The average molecular weight is 489 g/mol. The summed E-state index contributed by atoms with van der Waals surface area (Å²) in [7, 11) is 0. The molecular weight excluding hydrogens is 463 g/mol. The highest BCUT2D eigenvalue weighted by atomic mass is 35.5. The molecule has 0 unspecified atom stereocenters. The average Bonchev–Trinajstić information content (AvgIpc) is 3.09. The Hall–Kier alpha value is -2.64. The van der Waals surface area contributed by atoms with Gasteiger partial charge in [0.05, 0.1) is 23.5 Å². The number of amides is 1. The number of fused-ring (bicyclic) bond motifs is 3. The minimum absolute atomic E-state index is 0.0443. The van der Waals surface area contributed by atoms with Crippen LogP contribution in [0.5, 0.6) is 0 Å². The van der Waals surface area contributed by atoms with Crippen LogP contribution >= 0.6 is 23.2 Å².